The molecule has 0 saturated heterocycles. The van der Waals surface area contributed by atoms with Crippen molar-refractivity contribution in [3.8, 4) is 5.69 Å². The number of nitrogens with zero attached hydrogens (tertiary/aromatic N) is 1. The van der Waals surface area contributed by atoms with E-state index in [1.165, 1.54) is 18.4 Å². The van der Waals surface area contributed by atoms with Crippen LogP contribution in [0.25, 0.3) is 5.69 Å². The maximum absolute atomic E-state index is 12.2. The van der Waals surface area contributed by atoms with Crippen LogP contribution in [0.15, 0.2) is 60.4 Å². The lowest BCUT2D eigenvalue weighted by molar-refractivity contribution is -0.124. The summed E-state index contributed by atoms with van der Waals surface area (Å²) in [5.74, 6) is -0.763. The molecule has 3 rings (SSSR count). The van der Waals surface area contributed by atoms with Crippen molar-refractivity contribution in [3.63, 3.8) is 0 Å². The highest BCUT2D eigenvalue weighted by atomic mass is 16.5. The van der Waals surface area contributed by atoms with Gasteiger partial charge in [0.2, 0.25) is 0 Å². The Morgan fingerprint density at radius 2 is 1.96 bits per heavy atom. The molecular weight excluding hydrogens is 328 g/mol. The van der Waals surface area contributed by atoms with E-state index >= 15 is 0 Å². The van der Waals surface area contributed by atoms with E-state index in [2.05, 4.69) is 11.4 Å². The third-order valence-corrected chi connectivity index (χ3v) is 4.47. The van der Waals surface area contributed by atoms with Crippen molar-refractivity contribution in [2.75, 3.05) is 13.2 Å². The minimum Gasteiger partial charge on any atom is -0.452 e. The molecule has 5 heteroatoms. The molecule has 0 bridgehead atoms. The van der Waals surface area contributed by atoms with Gasteiger partial charge in [0, 0.05) is 24.6 Å². The number of ether oxygens (including phenoxy) is 1. The second-order valence-corrected chi connectivity index (χ2v) is 6.42. The molecule has 0 unspecified atom stereocenters. The van der Waals surface area contributed by atoms with Gasteiger partial charge < -0.3 is 14.6 Å². The molecule has 2 aromatic rings. The van der Waals surface area contributed by atoms with Gasteiger partial charge in [0.05, 0.1) is 5.56 Å². The highest BCUT2D eigenvalue weighted by molar-refractivity contribution is 5.91. The van der Waals surface area contributed by atoms with Gasteiger partial charge in [-0.25, -0.2) is 4.79 Å². The maximum atomic E-state index is 12.2. The third-order valence-electron chi connectivity index (χ3n) is 4.47. The average Bonchev–Trinajstić information content (AvgIpc) is 3.22. The van der Waals surface area contributed by atoms with Gasteiger partial charge in [-0.05, 0) is 62.4 Å². The summed E-state index contributed by atoms with van der Waals surface area (Å²) in [4.78, 5) is 24.0. The Balaban J connectivity index is 1.44. The molecule has 136 valence electrons. The number of benzene rings is 1. The fraction of sp³-hybridized carbons (Fsp3) is 0.333. The van der Waals surface area contributed by atoms with Crippen LogP contribution >= 0.6 is 0 Å². The van der Waals surface area contributed by atoms with Gasteiger partial charge in [0.1, 0.15) is 0 Å². The molecule has 0 saturated carbocycles. The van der Waals surface area contributed by atoms with Crippen LogP contribution in [0.5, 0.6) is 0 Å². The lowest BCUT2D eigenvalue weighted by Crippen LogP contribution is -2.29. The summed E-state index contributed by atoms with van der Waals surface area (Å²) in [7, 11) is 0. The molecule has 0 spiro atoms. The Morgan fingerprint density at radius 3 is 2.73 bits per heavy atom. The van der Waals surface area contributed by atoms with Crippen LogP contribution in [0.3, 0.4) is 0 Å². The Morgan fingerprint density at radius 1 is 1.12 bits per heavy atom. The fourth-order valence-corrected chi connectivity index (χ4v) is 3.06. The molecule has 1 amide bonds. The molecule has 1 aliphatic rings. The molecule has 26 heavy (non-hydrogen) atoms. The summed E-state index contributed by atoms with van der Waals surface area (Å²) in [6.07, 6.45) is 11.7. The van der Waals surface area contributed by atoms with Crippen LogP contribution in [0, 0.1) is 0 Å². The number of aromatic nitrogens is 1. The number of hydrogen-bond acceptors (Lipinski definition) is 3. The summed E-state index contributed by atoms with van der Waals surface area (Å²) < 4.78 is 7.04. The van der Waals surface area contributed by atoms with E-state index in [1.54, 1.807) is 18.2 Å². The van der Waals surface area contributed by atoms with Crippen LogP contribution in [0.1, 0.15) is 42.5 Å². The minimum absolute atomic E-state index is 0.258. The zero-order valence-electron chi connectivity index (χ0n) is 14.8. The van der Waals surface area contributed by atoms with E-state index < -0.39 is 5.97 Å². The Kier molecular flexibility index (Phi) is 6.25. The van der Waals surface area contributed by atoms with E-state index in [0.717, 1.165) is 24.9 Å². The summed E-state index contributed by atoms with van der Waals surface area (Å²) in [6.45, 7) is 0.330. The summed E-state index contributed by atoms with van der Waals surface area (Å²) in [5.41, 5.74) is 2.71. The number of nitrogens with one attached hydrogen (secondary N) is 1. The molecule has 1 aromatic heterocycles. The lowest BCUT2D eigenvalue weighted by atomic mass is 9.97. The van der Waals surface area contributed by atoms with Crippen LogP contribution in [-0.2, 0) is 9.53 Å². The third kappa shape index (κ3) is 5.09. The molecule has 1 aromatic carbocycles. The zero-order chi connectivity index (χ0) is 18.2. The number of esters is 1. The Hall–Kier alpha value is -2.82. The van der Waals surface area contributed by atoms with Gasteiger partial charge in [0.15, 0.2) is 6.61 Å². The first kappa shape index (κ1) is 18.0. The predicted molar refractivity (Wildman–Crippen MR) is 100 cm³/mol. The summed E-state index contributed by atoms with van der Waals surface area (Å²) in [6, 6.07) is 11.0. The number of allylic oxidation sites excluding steroid dienone is 1. The quantitative estimate of drug-likeness (QED) is 0.611. The molecule has 1 aliphatic carbocycles. The van der Waals surface area contributed by atoms with Gasteiger partial charge in [-0.2, -0.15) is 0 Å². The second-order valence-electron chi connectivity index (χ2n) is 6.42. The maximum Gasteiger partial charge on any atom is 0.338 e. The number of hydrogen-bond donors (Lipinski definition) is 1. The molecule has 5 nitrogen and oxygen atoms in total. The van der Waals surface area contributed by atoms with E-state index in [-0.39, 0.29) is 12.5 Å². The molecule has 1 N–H and O–H groups in total. The van der Waals surface area contributed by atoms with E-state index in [4.69, 9.17) is 4.74 Å². The van der Waals surface area contributed by atoms with Gasteiger partial charge in [-0.15, -0.1) is 0 Å². The zero-order valence-corrected chi connectivity index (χ0v) is 14.8. The number of amides is 1. The van der Waals surface area contributed by atoms with Crippen molar-refractivity contribution in [2.45, 2.75) is 32.1 Å². The van der Waals surface area contributed by atoms with Gasteiger partial charge in [0.25, 0.3) is 5.91 Å². The monoisotopic (exact) mass is 352 g/mol. The molecular formula is C21H24N2O3. The molecule has 0 aliphatic heterocycles. The Bertz CT molecular complexity index is 778. The highest BCUT2D eigenvalue weighted by Gasteiger charge is 2.11. The van der Waals surface area contributed by atoms with Gasteiger partial charge in [-0.1, -0.05) is 17.7 Å². The first-order valence-corrected chi connectivity index (χ1v) is 9.07. The molecule has 0 radical (unpaired) electrons. The van der Waals surface area contributed by atoms with Crippen LogP contribution in [0.2, 0.25) is 0 Å². The summed E-state index contributed by atoms with van der Waals surface area (Å²) in [5, 5.41) is 2.81. The standard InChI is InChI=1S/C21H24N2O3/c24-20(22-12-11-17-7-2-1-3-8-17)16-26-21(25)18-9-6-10-19(15-18)23-13-4-5-14-23/h4-7,9-10,13-15H,1-3,8,11-12,16H2,(H,22,24). The average molecular weight is 352 g/mol. The number of carbonyl (C=O) groups excluding carboxylic acids is 2. The topological polar surface area (TPSA) is 60.3 Å². The van der Waals surface area contributed by atoms with Gasteiger partial charge >= 0.3 is 5.97 Å². The van der Waals surface area contributed by atoms with Crippen LogP contribution < -0.4 is 5.32 Å². The normalized spacial score (nSPS) is 13.8. The van der Waals surface area contributed by atoms with Crippen LogP contribution in [0.4, 0.5) is 0 Å². The van der Waals surface area contributed by atoms with Gasteiger partial charge in [-0.3, -0.25) is 4.79 Å². The number of rotatable bonds is 7. The first-order valence-electron chi connectivity index (χ1n) is 9.07. The SMILES string of the molecule is O=C(COC(=O)c1cccc(-n2cccc2)c1)NCCC1=CCCCC1. The Labute approximate surface area is 153 Å². The smallest absolute Gasteiger partial charge is 0.338 e. The first-order chi connectivity index (χ1) is 12.7. The number of carbonyl (C=O) groups is 2. The highest BCUT2D eigenvalue weighted by Crippen LogP contribution is 2.19. The van der Waals surface area contributed by atoms with E-state index in [1.807, 2.05) is 35.2 Å². The van der Waals surface area contributed by atoms with Crippen molar-refractivity contribution in [1.82, 2.24) is 9.88 Å². The van der Waals surface area contributed by atoms with Crippen molar-refractivity contribution < 1.29 is 14.3 Å². The molecule has 0 atom stereocenters. The van der Waals surface area contributed by atoms with Crippen LogP contribution in [-0.4, -0.2) is 29.6 Å². The largest absolute Gasteiger partial charge is 0.452 e. The fourth-order valence-electron chi connectivity index (χ4n) is 3.06. The van der Waals surface area contributed by atoms with Crippen molar-refractivity contribution >= 4 is 11.9 Å². The minimum atomic E-state index is -0.496. The predicted octanol–water partition coefficient (Wildman–Crippen LogP) is 3.64. The molecule has 1 heterocycles. The van der Waals surface area contributed by atoms with E-state index in [9.17, 15) is 9.59 Å². The van der Waals surface area contributed by atoms with Crippen molar-refractivity contribution in [2.24, 2.45) is 0 Å². The second kappa shape index (κ2) is 9.04. The lowest BCUT2D eigenvalue weighted by Gasteiger charge is -2.13. The van der Waals surface area contributed by atoms with Crippen molar-refractivity contribution in [3.05, 3.63) is 66.0 Å². The van der Waals surface area contributed by atoms with E-state index in [0.29, 0.717) is 12.1 Å². The summed E-state index contributed by atoms with van der Waals surface area (Å²) >= 11 is 0. The van der Waals surface area contributed by atoms with Crippen molar-refractivity contribution in [1.29, 1.82) is 0 Å². The molecule has 0 fully saturated rings.